The molecule has 32 heavy (non-hydrogen) atoms. The van der Waals surface area contributed by atoms with Crippen molar-refractivity contribution in [3.05, 3.63) is 58.7 Å². The topological polar surface area (TPSA) is 94.2 Å². The van der Waals surface area contributed by atoms with Crippen molar-refractivity contribution >= 4 is 22.6 Å². The molecule has 0 aliphatic carbocycles. The number of carbonyl (C=O) groups excluding carboxylic acids is 1. The van der Waals surface area contributed by atoms with Gasteiger partial charge in [0.25, 0.3) is 5.91 Å². The van der Waals surface area contributed by atoms with Crippen molar-refractivity contribution in [1.82, 2.24) is 19.9 Å². The summed E-state index contributed by atoms with van der Waals surface area (Å²) < 4.78 is 43.9. The number of ether oxygens (including phenoxy) is 1. The van der Waals surface area contributed by atoms with E-state index in [1.54, 1.807) is 6.07 Å². The lowest BCUT2D eigenvalue weighted by molar-refractivity contribution is -0.137. The Labute approximate surface area is 182 Å². The summed E-state index contributed by atoms with van der Waals surface area (Å²) in [5.41, 5.74) is 8.01. The number of alkyl halides is 3. The standard InChI is InChI=1S/C22H22F3N5O2/c1-12(2)8-30(9-14-4-3-13(6-27-14)22(23,24)25)21(31)18-5-15-16-10-32-11-17(16)20(26)29-19(15)7-28-18/h3-7,12H,8-11H2,1-2H3,(H2,26,29). The predicted octanol–water partition coefficient (Wildman–Crippen LogP) is 3.95. The van der Waals surface area contributed by atoms with Crippen LogP contribution in [-0.4, -0.2) is 32.3 Å². The van der Waals surface area contributed by atoms with Crippen molar-refractivity contribution in [2.75, 3.05) is 12.3 Å². The van der Waals surface area contributed by atoms with Gasteiger partial charge in [-0.3, -0.25) is 9.78 Å². The Morgan fingerprint density at radius 2 is 1.94 bits per heavy atom. The van der Waals surface area contributed by atoms with Crippen molar-refractivity contribution < 1.29 is 22.7 Å². The van der Waals surface area contributed by atoms with E-state index in [9.17, 15) is 18.0 Å². The van der Waals surface area contributed by atoms with E-state index in [1.165, 1.54) is 17.2 Å². The number of nitrogens with zero attached hydrogens (tertiary/aromatic N) is 4. The minimum atomic E-state index is -4.46. The Balaban J connectivity index is 1.64. The first-order valence-electron chi connectivity index (χ1n) is 10.1. The quantitative estimate of drug-likeness (QED) is 0.639. The van der Waals surface area contributed by atoms with Crippen molar-refractivity contribution in [1.29, 1.82) is 0 Å². The zero-order chi connectivity index (χ0) is 23.0. The third-order valence-electron chi connectivity index (χ3n) is 5.21. The average Bonchev–Trinajstić information content (AvgIpc) is 3.23. The van der Waals surface area contributed by atoms with E-state index < -0.39 is 11.7 Å². The van der Waals surface area contributed by atoms with E-state index in [1.807, 2.05) is 13.8 Å². The van der Waals surface area contributed by atoms with Crippen LogP contribution < -0.4 is 5.73 Å². The Morgan fingerprint density at radius 3 is 2.59 bits per heavy atom. The van der Waals surface area contributed by atoms with Crippen LogP contribution in [-0.2, 0) is 30.7 Å². The number of pyridine rings is 3. The number of nitrogen functional groups attached to an aromatic ring is 1. The van der Waals surface area contributed by atoms with Crippen LogP contribution in [0.15, 0.2) is 30.6 Å². The smallest absolute Gasteiger partial charge is 0.383 e. The molecule has 10 heteroatoms. The molecule has 168 valence electrons. The van der Waals surface area contributed by atoms with Crippen molar-refractivity contribution in [2.24, 2.45) is 5.92 Å². The summed E-state index contributed by atoms with van der Waals surface area (Å²) in [4.78, 5) is 27.4. The van der Waals surface area contributed by atoms with Gasteiger partial charge in [0.05, 0.1) is 42.7 Å². The maximum atomic E-state index is 13.3. The Bertz CT molecular complexity index is 1160. The van der Waals surface area contributed by atoms with Gasteiger partial charge in [-0.1, -0.05) is 13.8 Å². The van der Waals surface area contributed by atoms with Crippen molar-refractivity contribution in [3.63, 3.8) is 0 Å². The van der Waals surface area contributed by atoms with Gasteiger partial charge in [-0.25, -0.2) is 9.97 Å². The molecule has 0 spiro atoms. The van der Waals surface area contributed by atoms with E-state index in [4.69, 9.17) is 10.5 Å². The molecule has 1 aliphatic heterocycles. The number of rotatable bonds is 5. The van der Waals surface area contributed by atoms with Crippen molar-refractivity contribution in [3.8, 4) is 0 Å². The molecule has 0 saturated heterocycles. The van der Waals surface area contributed by atoms with E-state index in [0.29, 0.717) is 36.8 Å². The highest BCUT2D eigenvalue weighted by atomic mass is 19.4. The number of fused-ring (bicyclic) bond motifs is 3. The molecule has 1 aliphatic rings. The number of hydrogen-bond donors (Lipinski definition) is 1. The summed E-state index contributed by atoms with van der Waals surface area (Å²) in [6, 6.07) is 3.92. The second-order valence-corrected chi connectivity index (χ2v) is 8.15. The minimum absolute atomic E-state index is 0.0655. The fraction of sp³-hybridized carbons (Fsp3) is 0.364. The molecule has 0 atom stereocenters. The maximum absolute atomic E-state index is 13.3. The first-order valence-corrected chi connectivity index (χ1v) is 10.1. The van der Waals surface area contributed by atoms with Gasteiger partial charge in [-0.2, -0.15) is 13.2 Å². The molecule has 0 fully saturated rings. The zero-order valence-electron chi connectivity index (χ0n) is 17.6. The van der Waals surface area contributed by atoms with Crippen LogP contribution in [0.5, 0.6) is 0 Å². The van der Waals surface area contributed by atoms with Crippen molar-refractivity contribution in [2.45, 2.75) is 39.8 Å². The number of anilines is 1. The molecule has 3 aromatic rings. The van der Waals surface area contributed by atoms with Crippen LogP contribution in [0.2, 0.25) is 0 Å². The SMILES string of the molecule is CC(C)CN(Cc1ccc(C(F)(F)F)cn1)C(=O)c1cc2c3c(c(N)nc2cn1)COC3. The molecule has 1 amide bonds. The molecule has 0 radical (unpaired) electrons. The van der Waals surface area contributed by atoms with Gasteiger partial charge in [0.15, 0.2) is 0 Å². The van der Waals surface area contributed by atoms with Gasteiger partial charge in [0, 0.05) is 23.7 Å². The number of hydrogen-bond acceptors (Lipinski definition) is 6. The highest BCUT2D eigenvalue weighted by Crippen LogP contribution is 2.31. The van der Waals surface area contributed by atoms with Crippen LogP contribution in [0.3, 0.4) is 0 Å². The normalized spacial score (nSPS) is 13.6. The maximum Gasteiger partial charge on any atom is 0.417 e. The van der Waals surface area contributed by atoms with Gasteiger partial charge >= 0.3 is 6.18 Å². The molecule has 4 rings (SSSR count). The van der Waals surface area contributed by atoms with Crippen LogP contribution in [0.1, 0.15) is 46.7 Å². The number of carbonyl (C=O) groups is 1. The fourth-order valence-corrected chi connectivity index (χ4v) is 3.69. The molecule has 0 aromatic carbocycles. The van der Waals surface area contributed by atoms with E-state index >= 15 is 0 Å². The summed E-state index contributed by atoms with van der Waals surface area (Å²) in [5.74, 6) is 0.181. The van der Waals surface area contributed by atoms with E-state index in [0.717, 1.165) is 28.8 Å². The Morgan fingerprint density at radius 1 is 1.19 bits per heavy atom. The number of amides is 1. The van der Waals surface area contributed by atoms with Gasteiger partial charge in [0.2, 0.25) is 0 Å². The second-order valence-electron chi connectivity index (χ2n) is 8.15. The summed E-state index contributed by atoms with van der Waals surface area (Å²) in [5, 5.41) is 0.752. The van der Waals surface area contributed by atoms with Crippen LogP contribution in [0.4, 0.5) is 19.0 Å². The molecule has 4 heterocycles. The number of aromatic nitrogens is 3. The summed E-state index contributed by atoms with van der Waals surface area (Å²) in [6.45, 7) is 5.10. The lowest BCUT2D eigenvalue weighted by Crippen LogP contribution is -2.34. The molecular formula is C22H22F3N5O2. The summed E-state index contributed by atoms with van der Waals surface area (Å²) in [7, 11) is 0. The molecule has 0 saturated carbocycles. The van der Waals surface area contributed by atoms with Crippen LogP contribution in [0, 0.1) is 5.92 Å². The molecule has 3 aromatic heterocycles. The molecule has 7 nitrogen and oxygen atoms in total. The Kier molecular flexibility index (Phi) is 5.72. The zero-order valence-corrected chi connectivity index (χ0v) is 17.6. The minimum Gasteiger partial charge on any atom is -0.383 e. The summed E-state index contributed by atoms with van der Waals surface area (Å²) >= 11 is 0. The number of halogens is 3. The highest BCUT2D eigenvalue weighted by molar-refractivity contribution is 5.97. The molecule has 0 unspecified atom stereocenters. The predicted molar refractivity (Wildman–Crippen MR) is 111 cm³/mol. The lowest BCUT2D eigenvalue weighted by atomic mass is 10.1. The van der Waals surface area contributed by atoms with Gasteiger partial charge < -0.3 is 15.4 Å². The second kappa shape index (κ2) is 8.34. The van der Waals surface area contributed by atoms with Gasteiger partial charge in [-0.05, 0) is 29.7 Å². The van der Waals surface area contributed by atoms with Crippen LogP contribution in [0.25, 0.3) is 10.9 Å². The summed E-state index contributed by atoms with van der Waals surface area (Å²) in [6.07, 6.45) is -2.18. The lowest BCUT2D eigenvalue weighted by Gasteiger charge is -2.24. The number of nitrogens with two attached hydrogens (primary N) is 1. The molecule has 0 bridgehead atoms. The van der Waals surface area contributed by atoms with E-state index in [-0.39, 0.29) is 24.1 Å². The monoisotopic (exact) mass is 445 g/mol. The first kappa shape index (κ1) is 21.9. The largest absolute Gasteiger partial charge is 0.417 e. The highest BCUT2D eigenvalue weighted by Gasteiger charge is 2.31. The van der Waals surface area contributed by atoms with Crippen LogP contribution >= 0.6 is 0 Å². The van der Waals surface area contributed by atoms with E-state index in [2.05, 4.69) is 15.0 Å². The molecular weight excluding hydrogens is 423 g/mol. The average molecular weight is 445 g/mol. The van der Waals surface area contributed by atoms with Gasteiger partial charge in [-0.15, -0.1) is 0 Å². The third-order valence-corrected chi connectivity index (χ3v) is 5.21. The first-order chi connectivity index (χ1) is 15.1. The van der Waals surface area contributed by atoms with Gasteiger partial charge in [0.1, 0.15) is 11.5 Å². The fourth-order valence-electron chi connectivity index (χ4n) is 3.69. The third kappa shape index (κ3) is 4.36. The Hall–Kier alpha value is -3.27. The molecule has 2 N–H and O–H groups in total.